The molecule has 1 aliphatic rings. The molecule has 4 rings (SSSR count). The van der Waals surface area contributed by atoms with E-state index in [4.69, 9.17) is 4.74 Å². The maximum atomic E-state index is 12.6. The number of benzene rings is 1. The van der Waals surface area contributed by atoms with Gasteiger partial charge in [-0.25, -0.2) is 0 Å². The van der Waals surface area contributed by atoms with E-state index in [2.05, 4.69) is 37.6 Å². The molecule has 6 nitrogen and oxygen atoms in total. The molecule has 2 heterocycles. The van der Waals surface area contributed by atoms with Crippen molar-refractivity contribution in [2.45, 2.75) is 42.6 Å². The van der Waals surface area contributed by atoms with E-state index in [1.54, 1.807) is 24.5 Å². The third-order valence-corrected chi connectivity index (χ3v) is 6.48. The van der Waals surface area contributed by atoms with Gasteiger partial charge in [0.2, 0.25) is 5.91 Å². The van der Waals surface area contributed by atoms with Crippen LogP contribution in [0.15, 0.2) is 46.9 Å². The van der Waals surface area contributed by atoms with Gasteiger partial charge in [-0.2, -0.15) is 0 Å². The number of aromatic nitrogens is 3. The number of anilines is 1. The van der Waals surface area contributed by atoms with Gasteiger partial charge in [0.25, 0.3) is 0 Å². The number of methoxy groups -OCH3 is 1. The van der Waals surface area contributed by atoms with Gasteiger partial charge in [0, 0.05) is 29.1 Å². The molecule has 0 spiro atoms. The second kappa shape index (κ2) is 8.36. The number of hydrogen-bond acceptors (Lipinski definition) is 6. The van der Waals surface area contributed by atoms with Crippen molar-refractivity contribution in [3.8, 4) is 5.75 Å². The summed E-state index contributed by atoms with van der Waals surface area (Å²) < 4.78 is 7.43. The third kappa shape index (κ3) is 4.39. The van der Waals surface area contributed by atoms with Crippen molar-refractivity contribution >= 4 is 34.7 Å². The van der Waals surface area contributed by atoms with E-state index in [0.717, 1.165) is 35.9 Å². The fraction of sp³-hybridized carbons (Fsp3) is 0.350. The lowest BCUT2D eigenvalue weighted by atomic mass is 10.3. The Morgan fingerprint density at radius 1 is 1.36 bits per heavy atom. The Kier molecular flexibility index (Phi) is 5.68. The lowest BCUT2D eigenvalue weighted by Gasteiger charge is -2.13. The first-order chi connectivity index (χ1) is 13.6. The van der Waals surface area contributed by atoms with Gasteiger partial charge in [-0.3, -0.25) is 4.79 Å². The molecule has 1 aliphatic carbocycles. The summed E-state index contributed by atoms with van der Waals surface area (Å²) in [5, 5.41) is 14.4. The zero-order chi connectivity index (χ0) is 19.5. The van der Waals surface area contributed by atoms with Gasteiger partial charge in [-0.1, -0.05) is 23.9 Å². The normalized spacial score (nSPS) is 14.6. The highest BCUT2D eigenvalue weighted by atomic mass is 32.2. The monoisotopic (exact) mass is 414 g/mol. The van der Waals surface area contributed by atoms with Crippen LogP contribution in [0.4, 0.5) is 5.69 Å². The summed E-state index contributed by atoms with van der Waals surface area (Å²) in [5.74, 6) is 1.63. The Morgan fingerprint density at radius 3 is 2.93 bits per heavy atom. The van der Waals surface area contributed by atoms with Gasteiger partial charge in [-0.05, 0) is 43.3 Å². The van der Waals surface area contributed by atoms with Gasteiger partial charge in [-0.15, -0.1) is 21.5 Å². The van der Waals surface area contributed by atoms with Gasteiger partial charge >= 0.3 is 0 Å². The number of thioether (sulfide) groups is 1. The molecular weight excluding hydrogens is 392 g/mol. The molecule has 0 radical (unpaired) electrons. The fourth-order valence-electron chi connectivity index (χ4n) is 2.93. The Labute approximate surface area is 172 Å². The summed E-state index contributed by atoms with van der Waals surface area (Å²) >= 11 is 3.19. The number of nitrogens with one attached hydrogen (secondary N) is 1. The van der Waals surface area contributed by atoms with Gasteiger partial charge < -0.3 is 14.6 Å². The van der Waals surface area contributed by atoms with E-state index in [-0.39, 0.29) is 11.2 Å². The summed E-state index contributed by atoms with van der Waals surface area (Å²) in [6.07, 6.45) is 3.08. The lowest BCUT2D eigenvalue weighted by molar-refractivity contribution is -0.115. The molecule has 2 aromatic heterocycles. The second-order valence-corrected chi connectivity index (χ2v) is 9.08. The van der Waals surface area contributed by atoms with Gasteiger partial charge in [0.05, 0.1) is 12.4 Å². The Morgan fingerprint density at radius 2 is 2.21 bits per heavy atom. The van der Waals surface area contributed by atoms with Crippen LogP contribution < -0.4 is 10.1 Å². The molecule has 1 aromatic carbocycles. The van der Waals surface area contributed by atoms with E-state index < -0.39 is 0 Å². The standard InChI is InChI=1S/C20H22N4O2S2/c1-13(19(25)21-14-5-3-6-16(11-14)26-2)28-20-23-22-18(24(20)15-8-9-15)12-17-7-4-10-27-17/h3-7,10-11,13,15H,8-9,12H2,1-2H3,(H,21,25)/t13-/m1/s1. The molecule has 0 bridgehead atoms. The minimum absolute atomic E-state index is 0.0663. The Bertz CT molecular complexity index is 951. The third-order valence-electron chi connectivity index (χ3n) is 4.55. The number of thiophene rings is 1. The number of rotatable bonds is 8. The highest BCUT2D eigenvalue weighted by Crippen LogP contribution is 2.40. The zero-order valence-electron chi connectivity index (χ0n) is 15.8. The highest BCUT2D eigenvalue weighted by Gasteiger charge is 2.31. The maximum Gasteiger partial charge on any atom is 0.237 e. The topological polar surface area (TPSA) is 69.0 Å². The van der Waals surface area contributed by atoms with E-state index in [9.17, 15) is 4.79 Å². The molecule has 1 N–H and O–H groups in total. The molecule has 3 aromatic rings. The fourth-order valence-corrected chi connectivity index (χ4v) is 4.57. The average Bonchev–Trinajstić information content (AvgIpc) is 3.26. The van der Waals surface area contributed by atoms with Crippen LogP contribution >= 0.6 is 23.1 Å². The van der Waals surface area contributed by atoms with Crippen molar-refractivity contribution < 1.29 is 9.53 Å². The van der Waals surface area contributed by atoms with E-state index >= 15 is 0 Å². The van der Waals surface area contributed by atoms with Crippen LogP contribution in [0.2, 0.25) is 0 Å². The van der Waals surface area contributed by atoms with Crippen molar-refractivity contribution in [2.75, 3.05) is 12.4 Å². The zero-order valence-corrected chi connectivity index (χ0v) is 17.4. The molecule has 1 atom stereocenters. The van der Waals surface area contributed by atoms with Crippen molar-refractivity contribution in [2.24, 2.45) is 0 Å². The second-order valence-electron chi connectivity index (χ2n) is 6.74. The number of ether oxygens (including phenoxy) is 1. The molecule has 1 amide bonds. The molecule has 0 saturated heterocycles. The molecule has 8 heteroatoms. The smallest absolute Gasteiger partial charge is 0.237 e. The predicted molar refractivity (Wildman–Crippen MR) is 112 cm³/mol. The van der Waals surface area contributed by atoms with Crippen molar-refractivity contribution in [3.05, 3.63) is 52.5 Å². The van der Waals surface area contributed by atoms with Crippen LogP contribution in [-0.2, 0) is 11.2 Å². The summed E-state index contributed by atoms with van der Waals surface area (Å²) in [6.45, 7) is 1.89. The van der Waals surface area contributed by atoms with Crippen molar-refractivity contribution in [1.82, 2.24) is 14.8 Å². The summed E-state index contributed by atoms with van der Waals surface area (Å²) in [4.78, 5) is 13.9. The molecule has 1 saturated carbocycles. The maximum absolute atomic E-state index is 12.6. The van der Waals surface area contributed by atoms with E-state index in [0.29, 0.717) is 11.8 Å². The first-order valence-electron chi connectivity index (χ1n) is 9.22. The van der Waals surface area contributed by atoms with Crippen molar-refractivity contribution in [1.29, 1.82) is 0 Å². The van der Waals surface area contributed by atoms with Crippen LogP contribution in [0, 0.1) is 0 Å². The number of carbonyl (C=O) groups excluding carboxylic acids is 1. The SMILES string of the molecule is COc1cccc(NC(=O)[C@@H](C)Sc2nnc(Cc3cccs3)n2C2CC2)c1. The first-order valence-corrected chi connectivity index (χ1v) is 11.0. The van der Waals surface area contributed by atoms with Crippen LogP contribution in [-0.4, -0.2) is 33.0 Å². The summed E-state index contributed by atoms with van der Waals surface area (Å²) in [6, 6.07) is 12.0. The van der Waals surface area contributed by atoms with Crippen LogP contribution in [0.1, 0.15) is 36.5 Å². The number of nitrogens with zero attached hydrogens (tertiary/aromatic N) is 3. The predicted octanol–water partition coefficient (Wildman–Crippen LogP) is 4.39. The number of amides is 1. The highest BCUT2D eigenvalue weighted by molar-refractivity contribution is 8.00. The molecular formula is C20H22N4O2S2. The minimum Gasteiger partial charge on any atom is -0.497 e. The Hall–Kier alpha value is -2.32. The van der Waals surface area contributed by atoms with Gasteiger partial charge in [0.1, 0.15) is 11.6 Å². The van der Waals surface area contributed by atoms with E-state index in [1.807, 2.05) is 25.1 Å². The Balaban J connectivity index is 1.45. The van der Waals surface area contributed by atoms with Crippen LogP contribution in [0.25, 0.3) is 0 Å². The average molecular weight is 415 g/mol. The minimum atomic E-state index is -0.289. The molecule has 146 valence electrons. The molecule has 28 heavy (non-hydrogen) atoms. The summed E-state index contributed by atoms with van der Waals surface area (Å²) in [5.41, 5.74) is 0.721. The quantitative estimate of drug-likeness (QED) is 0.554. The summed E-state index contributed by atoms with van der Waals surface area (Å²) in [7, 11) is 1.61. The van der Waals surface area contributed by atoms with E-state index in [1.165, 1.54) is 16.6 Å². The van der Waals surface area contributed by atoms with Crippen LogP contribution in [0.5, 0.6) is 5.75 Å². The lowest BCUT2D eigenvalue weighted by Crippen LogP contribution is -2.23. The molecule has 0 unspecified atom stereocenters. The van der Waals surface area contributed by atoms with Crippen molar-refractivity contribution in [3.63, 3.8) is 0 Å². The molecule has 0 aliphatic heterocycles. The molecule has 1 fully saturated rings. The van der Waals surface area contributed by atoms with Crippen LogP contribution in [0.3, 0.4) is 0 Å². The number of carbonyl (C=O) groups is 1. The number of hydrogen-bond donors (Lipinski definition) is 1. The van der Waals surface area contributed by atoms with Gasteiger partial charge in [0.15, 0.2) is 5.16 Å². The largest absolute Gasteiger partial charge is 0.497 e. The first kappa shape index (κ1) is 19.0.